The Morgan fingerprint density at radius 1 is 0.318 bits per heavy atom. The number of unbranched alkanes of at least 4 members (excludes halogenated alkanes) is 30. The summed E-state index contributed by atoms with van der Waals surface area (Å²) in [6, 6.07) is 1.30. The summed E-state index contributed by atoms with van der Waals surface area (Å²) in [6.45, 7) is 14.9. The van der Waals surface area contributed by atoms with Crippen molar-refractivity contribution in [1.29, 1.82) is 0 Å². The third-order valence-electron chi connectivity index (χ3n) is 9.60. The average molecular weight is 655 g/mol. The summed E-state index contributed by atoms with van der Waals surface area (Å²) in [6.07, 6.45) is 45.7. The first-order valence-electron chi connectivity index (χ1n) is 20.7. The molecule has 0 aromatic rings. The van der Waals surface area contributed by atoms with Crippen LogP contribution in [0.15, 0.2) is 0 Å². The molecular formula is C40H86O2Si2. The molecule has 0 fully saturated rings. The van der Waals surface area contributed by atoms with E-state index in [1.165, 1.54) is 212 Å². The Labute approximate surface area is 282 Å². The molecule has 0 aromatic carbocycles. The van der Waals surface area contributed by atoms with E-state index in [1.54, 1.807) is 0 Å². The molecule has 0 bridgehead atoms. The minimum atomic E-state index is -2.00. The highest BCUT2D eigenvalue weighted by atomic mass is 28.4. The van der Waals surface area contributed by atoms with Crippen LogP contribution in [0.25, 0.3) is 0 Å². The maximum atomic E-state index is 6.73. The molecule has 0 aromatic heterocycles. The molecule has 0 heterocycles. The lowest BCUT2D eigenvalue weighted by atomic mass is 10.0. The van der Waals surface area contributed by atoms with Crippen molar-refractivity contribution < 1.29 is 8.54 Å². The normalized spacial score (nSPS) is 12.4. The van der Waals surface area contributed by atoms with Crippen LogP contribution in [0, 0.1) is 0 Å². The fourth-order valence-corrected chi connectivity index (χ4v) is 14.5. The molecule has 0 aliphatic rings. The molecule has 0 N–H and O–H groups in total. The van der Waals surface area contributed by atoms with Gasteiger partial charge in [-0.2, -0.15) is 0 Å². The lowest BCUT2D eigenvalue weighted by molar-refractivity contribution is 0.238. The van der Waals surface area contributed by atoms with Crippen LogP contribution in [-0.4, -0.2) is 23.5 Å². The van der Waals surface area contributed by atoms with Crippen molar-refractivity contribution in [1.82, 2.24) is 0 Å². The second-order valence-electron chi connectivity index (χ2n) is 15.5. The van der Waals surface area contributed by atoms with Crippen molar-refractivity contribution in [3.05, 3.63) is 0 Å². The highest BCUT2D eigenvalue weighted by Crippen LogP contribution is 2.23. The summed E-state index contributed by atoms with van der Waals surface area (Å²) in [5, 5.41) is 0. The Kier molecular flexibility index (Phi) is 33.5. The van der Waals surface area contributed by atoms with Crippen LogP contribution in [-0.2, 0) is 8.54 Å². The van der Waals surface area contributed by atoms with Gasteiger partial charge < -0.3 is 8.54 Å². The summed E-state index contributed by atoms with van der Waals surface area (Å²) in [5.74, 6) is 0. The van der Waals surface area contributed by atoms with E-state index in [2.05, 4.69) is 40.0 Å². The molecule has 0 unspecified atom stereocenters. The van der Waals surface area contributed by atoms with Gasteiger partial charge in [-0.25, -0.2) is 0 Å². The van der Waals surface area contributed by atoms with Crippen LogP contribution >= 0.6 is 0 Å². The van der Waals surface area contributed by atoms with Gasteiger partial charge in [0.1, 0.15) is 0 Å². The Bertz CT molecular complexity index is 551. The highest BCUT2D eigenvalue weighted by molar-refractivity contribution is 6.82. The fraction of sp³-hybridized carbons (Fsp3) is 1.00. The number of hydrogen-bond acceptors (Lipinski definition) is 2. The van der Waals surface area contributed by atoms with Gasteiger partial charge in [0.2, 0.25) is 0 Å². The fourth-order valence-electron chi connectivity index (χ4n) is 6.81. The van der Waals surface area contributed by atoms with Crippen molar-refractivity contribution in [2.75, 3.05) is 6.61 Å². The van der Waals surface area contributed by atoms with Gasteiger partial charge >= 0.3 is 8.56 Å². The van der Waals surface area contributed by atoms with Crippen LogP contribution in [0.3, 0.4) is 0 Å². The van der Waals surface area contributed by atoms with Gasteiger partial charge in [0.05, 0.1) is 0 Å². The topological polar surface area (TPSA) is 18.5 Å². The second kappa shape index (κ2) is 33.3. The molecule has 0 rings (SSSR count). The molecule has 0 saturated heterocycles. The monoisotopic (exact) mass is 655 g/mol. The number of rotatable bonds is 37. The molecule has 0 spiro atoms. The van der Waals surface area contributed by atoms with Crippen LogP contribution in [0.2, 0.25) is 32.2 Å². The lowest BCUT2D eigenvalue weighted by Gasteiger charge is -2.33. The molecule has 0 radical (unpaired) electrons. The zero-order chi connectivity index (χ0) is 32.5. The Morgan fingerprint density at radius 2 is 0.568 bits per heavy atom. The maximum Gasteiger partial charge on any atom is 0.321 e. The van der Waals surface area contributed by atoms with Crippen molar-refractivity contribution in [3.63, 3.8) is 0 Å². The van der Waals surface area contributed by atoms with Crippen LogP contribution in [0.4, 0.5) is 0 Å². The summed E-state index contributed by atoms with van der Waals surface area (Å²) in [7, 11) is -3.62. The molecule has 2 nitrogen and oxygen atoms in total. The third kappa shape index (κ3) is 35.2. The third-order valence-corrected chi connectivity index (χ3v) is 16.2. The first-order chi connectivity index (χ1) is 21.3. The van der Waals surface area contributed by atoms with Crippen LogP contribution < -0.4 is 0 Å². The van der Waals surface area contributed by atoms with E-state index in [-0.39, 0.29) is 0 Å². The van der Waals surface area contributed by atoms with E-state index in [0.717, 1.165) is 6.61 Å². The minimum Gasteiger partial charge on any atom is -0.436 e. The van der Waals surface area contributed by atoms with E-state index in [4.69, 9.17) is 8.54 Å². The van der Waals surface area contributed by atoms with Gasteiger partial charge in [0.15, 0.2) is 8.32 Å². The predicted molar refractivity (Wildman–Crippen MR) is 206 cm³/mol. The van der Waals surface area contributed by atoms with E-state index in [9.17, 15) is 0 Å². The van der Waals surface area contributed by atoms with E-state index in [1.807, 2.05) is 0 Å². The zero-order valence-corrected chi connectivity index (χ0v) is 33.9. The molecule has 0 atom stereocenters. The highest BCUT2D eigenvalue weighted by Gasteiger charge is 2.34. The van der Waals surface area contributed by atoms with Crippen molar-refractivity contribution >= 4 is 16.9 Å². The zero-order valence-electron chi connectivity index (χ0n) is 31.9. The van der Waals surface area contributed by atoms with Gasteiger partial charge in [0.25, 0.3) is 0 Å². The standard InChI is InChI=1S/C40H86O2Si2/c1-7-9-11-13-15-17-19-21-23-25-27-29-31-33-35-37-39-41-44(5,6)42-43(3,4)40-38-36-34-32-30-28-26-24-22-20-18-16-14-12-10-8-2/h7-40H2,1-6H3. The maximum absolute atomic E-state index is 6.73. The molecule has 0 aliphatic heterocycles. The lowest BCUT2D eigenvalue weighted by Crippen LogP contribution is -2.46. The van der Waals surface area contributed by atoms with Crippen molar-refractivity contribution in [3.8, 4) is 0 Å². The van der Waals surface area contributed by atoms with Gasteiger partial charge in [-0.05, 0) is 38.7 Å². The molecule has 266 valence electrons. The second-order valence-corrected chi connectivity index (χ2v) is 23.4. The smallest absolute Gasteiger partial charge is 0.321 e. The van der Waals surface area contributed by atoms with Crippen LogP contribution in [0.1, 0.15) is 219 Å². The largest absolute Gasteiger partial charge is 0.436 e. The quantitative estimate of drug-likeness (QED) is 0.0490. The predicted octanol–water partition coefficient (Wildman–Crippen LogP) is 15.4. The molecule has 44 heavy (non-hydrogen) atoms. The van der Waals surface area contributed by atoms with Gasteiger partial charge in [0, 0.05) is 6.61 Å². The first-order valence-corrected chi connectivity index (χ1v) is 26.6. The molecular weight excluding hydrogens is 569 g/mol. The first kappa shape index (κ1) is 44.4. The van der Waals surface area contributed by atoms with Gasteiger partial charge in [-0.3, -0.25) is 0 Å². The summed E-state index contributed by atoms with van der Waals surface area (Å²) in [5.41, 5.74) is 0. The number of hydrogen-bond donors (Lipinski definition) is 0. The Balaban J connectivity index is 3.50. The molecule has 0 aliphatic carbocycles. The Morgan fingerprint density at radius 3 is 0.864 bits per heavy atom. The Hall–Kier alpha value is 0.354. The van der Waals surface area contributed by atoms with Gasteiger partial charge in [-0.1, -0.05) is 213 Å². The molecule has 0 saturated carbocycles. The van der Waals surface area contributed by atoms with Crippen molar-refractivity contribution in [2.24, 2.45) is 0 Å². The van der Waals surface area contributed by atoms with Crippen molar-refractivity contribution in [2.45, 2.75) is 252 Å². The SMILES string of the molecule is CCCCCCCCCCCCCCCCCCO[Si](C)(C)O[Si](C)(C)CCCCCCCCCCCCCCCCCC. The van der Waals surface area contributed by atoms with E-state index >= 15 is 0 Å². The molecule has 4 heteroatoms. The minimum absolute atomic E-state index is 0.904. The summed E-state index contributed by atoms with van der Waals surface area (Å²) < 4.78 is 13.1. The van der Waals surface area contributed by atoms with Gasteiger partial charge in [-0.15, -0.1) is 0 Å². The van der Waals surface area contributed by atoms with E-state index in [0.29, 0.717) is 0 Å². The van der Waals surface area contributed by atoms with E-state index < -0.39 is 16.9 Å². The summed E-state index contributed by atoms with van der Waals surface area (Å²) >= 11 is 0. The average Bonchev–Trinajstić information content (AvgIpc) is 2.98. The molecule has 0 amide bonds. The van der Waals surface area contributed by atoms with Crippen LogP contribution in [0.5, 0.6) is 0 Å². The summed E-state index contributed by atoms with van der Waals surface area (Å²) in [4.78, 5) is 0.